The van der Waals surface area contributed by atoms with Gasteiger partial charge in [-0.05, 0) is 48.0 Å². The minimum Gasteiger partial charge on any atom is -0.325 e. The van der Waals surface area contributed by atoms with Gasteiger partial charge in [0.05, 0.1) is 16.5 Å². The van der Waals surface area contributed by atoms with E-state index < -0.39 is 28.3 Å². The van der Waals surface area contributed by atoms with Crippen molar-refractivity contribution in [3.05, 3.63) is 94.2 Å². The van der Waals surface area contributed by atoms with Crippen molar-refractivity contribution in [3.63, 3.8) is 0 Å². The van der Waals surface area contributed by atoms with Crippen molar-refractivity contribution in [1.82, 2.24) is 4.31 Å². The van der Waals surface area contributed by atoms with E-state index >= 15 is 0 Å². The number of nitrogens with zero attached hydrogens (tertiary/aromatic N) is 1. The lowest BCUT2D eigenvalue weighted by atomic mass is 10.2. The Bertz CT molecular complexity index is 1140. The zero-order valence-corrected chi connectivity index (χ0v) is 17.9. The second-order valence-corrected chi connectivity index (χ2v) is 9.17. The van der Waals surface area contributed by atoms with Crippen LogP contribution in [0.3, 0.4) is 0 Å². The Kier molecular flexibility index (Phi) is 7.10. The number of amides is 1. The average molecular weight is 467 g/mol. The summed E-state index contributed by atoms with van der Waals surface area (Å²) >= 11 is 11.6. The van der Waals surface area contributed by atoms with E-state index in [1.54, 1.807) is 24.3 Å². The summed E-state index contributed by atoms with van der Waals surface area (Å²) in [7, 11) is -3.99. The molecule has 5 nitrogen and oxygen atoms in total. The van der Waals surface area contributed by atoms with Gasteiger partial charge >= 0.3 is 0 Å². The van der Waals surface area contributed by atoms with E-state index in [1.807, 2.05) is 6.07 Å². The molecule has 0 atom stereocenters. The van der Waals surface area contributed by atoms with Crippen LogP contribution in [0.5, 0.6) is 0 Å². The van der Waals surface area contributed by atoms with E-state index in [4.69, 9.17) is 23.2 Å². The molecule has 3 aromatic carbocycles. The lowest BCUT2D eigenvalue weighted by molar-refractivity contribution is -0.116. The Hall–Kier alpha value is -2.45. The predicted octanol–water partition coefficient (Wildman–Crippen LogP) is 4.96. The van der Waals surface area contributed by atoms with Crippen LogP contribution >= 0.6 is 23.2 Å². The summed E-state index contributed by atoms with van der Waals surface area (Å²) in [5, 5.41) is 2.79. The number of rotatable bonds is 7. The van der Waals surface area contributed by atoms with Crippen molar-refractivity contribution in [3.8, 4) is 0 Å². The van der Waals surface area contributed by atoms with Crippen LogP contribution in [0, 0.1) is 5.82 Å². The number of halogens is 3. The molecule has 0 saturated heterocycles. The fraction of sp³-hybridized carbons (Fsp3) is 0.0952. The lowest BCUT2D eigenvalue weighted by Gasteiger charge is -2.22. The summed E-state index contributed by atoms with van der Waals surface area (Å²) in [6.07, 6.45) is 0. The molecule has 9 heteroatoms. The number of carbonyl (C=O) groups is 1. The summed E-state index contributed by atoms with van der Waals surface area (Å²) in [5.41, 5.74) is 0.975. The molecule has 156 valence electrons. The summed E-state index contributed by atoms with van der Waals surface area (Å²) in [6.45, 7) is -0.460. The average Bonchev–Trinajstić information content (AvgIpc) is 2.71. The van der Waals surface area contributed by atoms with Crippen LogP contribution in [0.2, 0.25) is 10.0 Å². The highest BCUT2D eigenvalue weighted by Gasteiger charge is 2.27. The number of hydrogen-bond acceptors (Lipinski definition) is 3. The number of nitrogens with one attached hydrogen (secondary N) is 1. The maximum atomic E-state index is 13.3. The molecule has 3 aromatic rings. The Morgan fingerprint density at radius 2 is 1.63 bits per heavy atom. The van der Waals surface area contributed by atoms with E-state index in [0.29, 0.717) is 10.6 Å². The lowest BCUT2D eigenvalue weighted by Crippen LogP contribution is -2.37. The SMILES string of the molecule is O=C(CN(Cc1ccccc1)S(=O)(=O)c1ccc(Cl)cc1)Nc1ccc(F)c(Cl)c1. The van der Waals surface area contributed by atoms with Crippen molar-refractivity contribution in [1.29, 1.82) is 0 Å². The van der Waals surface area contributed by atoms with Gasteiger partial charge in [0.1, 0.15) is 5.82 Å². The van der Waals surface area contributed by atoms with Crippen molar-refractivity contribution < 1.29 is 17.6 Å². The zero-order chi connectivity index (χ0) is 21.7. The third kappa shape index (κ3) is 5.58. The molecule has 0 unspecified atom stereocenters. The predicted molar refractivity (Wildman–Crippen MR) is 116 cm³/mol. The van der Waals surface area contributed by atoms with Crippen molar-refractivity contribution in [2.24, 2.45) is 0 Å². The Labute approximate surface area is 184 Å². The van der Waals surface area contributed by atoms with E-state index in [1.165, 1.54) is 36.4 Å². The molecule has 0 aromatic heterocycles. The maximum absolute atomic E-state index is 13.3. The van der Waals surface area contributed by atoms with Gasteiger partial charge in [-0.3, -0.25) is 4.79 Å². The minimum absolute atomic E-state index is 0.0105. The summed E-state index contributed by atoms with van der Waals surface area (Å²) in [4.78, 5) is 12.6. The smallest absolute Gasteiger partial charge is 0.243 e. The van der Waals surface area contributed by atoms with E-state index in [0.717, 1.165) is 10.4 Å². The van der Waals surface area contributed by atoms with Crippen LogP contribution in [-0.4, -0.2) is 25.2 Å². The third-order valence-corrected chi connectivity index (χ3v) is 6.52. The quantitative estimate of drug-likeness (QED) is 0.534. The Morgan fingerprint density at radius 3 is 2.27 bits per heavy atom. The highest BCUT2D eigenvalue weighted by atomic mass is 35.5. The summed E-state index contributed by atoms with van der Waals surface area (Å²) < 4.78 is 40.7. The van der Waals surface area contributed by atoms with Gasteiger partial charge in [0.2, 0.25) is 15.9 Å². The largest absolute Gasteiger partial charge is 0.325 e. The normalized spacial score (nSPS) is 11.5. The molecule has 0 aliphatic carbocycles. The van der Waals surface area contributed by atoms with Crippen LogP contribution in [0.4, 0.5) is 10.1 Å². The van der Waals surface area contributed by atoms with Gasteiger partial charge in [-0.1, -0.05) is 53.5 Å². The fourth-order valence-electron chi connectivity index (χ4n) is 2.70. The zero-order valence-electron chi connectivity index (χ0n) is 15.6. The number of sulfonamides is 1. The van der Waals surface area contributed by atoms with Gasteiger partial charge in [0, 0.05) is 17.3 Å². The Morgan fingerprint density at radius 1 is 0.967 bits per heavy atom. The molecule has 1 N–H and O–H groups in total. The molecule has 0 heterocycles. The van der Waals surface area contributed by atoms with E-state index in [9.17, 15) is 17.6 Å². The third-order valence-electron chi connectivity index (χ3n) is 4.18. The van der Waals surface area contributed by atoms with E-state index in [-0.39, 0.29) is 22.2 Å². The molecular weight excluding hydrogens is 450 g/mol. The van der Waals surface area contributed by atoms with Crippen molar-refractivity contribution in [2.45, 2.75) is 11.4 Å². The van der Waals surface area contributed by atoms with Crippen LogP contribution in [-0.2, 0) is 21.4 Å². The molecule has 0 bridgehead atoms. The monoisotopic (exact) mass is 466 g/mol. The molecule has 0 saturated carbocycles. The molecule has 1 amide bonds. The maximum Gasteiger partial charge on any atom is 0.243 e. The van der Waals surface area contributed by atoms with Gasteiger partial charge in [-0.25, -0.2) is 12.8 Å². The number of benzene rings is 3. The highest BCUT2D eigenvalue weighted by molar-refractivity contribution is 7.89. The first-order valence-corrected chi connectivity index (χ1v) is 11.0. The molecule has 0 spiro atoms. The van der Waals surface area contributed by atoms with Gasteiger partial charge in [0.25, 0.3) is 0 Å². The second kappa shape index (κ2) is 9.57. The number of carbonyl (C=O) groups excluding carboxylic acids is 1. The first kappa shape index (κ1) is 22.2. The number of hydrogen-bond donors (Lipinski definition) is 1. The first-order valence-electron chi connectivity index (χ1n) is 8.80. The molecule has 0 fully saturated rings. The molecule has 30 heavy (non-hydrogen) atoms. The summed E-state index contributed by atoms with van der Waals surface area (Å²) in [6, 6.07) is 18.3. The molecule has 3 rings (SSSR count). The van der Waals surface area contributed by atoms with Crippen LogP contribution in [0.15, 0.2) is 77.7 Å². The highest BCUT2D eigenvalue weighted by Crippen LogP contribution is 2.22. The first-order chi connectivity index (χ1) is 14.3. The Balaban J connectivity index is 1.86. The van der Waals surface area contributed by atoms with Gasteiger partial charge in [0.15, 0.2) is 0 Å². The molecule has 0 radical (unpaired) electrons. The second-order valence-electron chi connectivity index (χ2n) is 6.39. The topological polar surface area (TPSA) is 66.5 Å². The number of anilines is 1. The molecular formula is C21H17Cl2FN2O3S. The molecule has 0 aliphatic heterocycles. The molecule has 0 aliphatic rings. The van der Waals surface area contributed by atoms with Crippen LogP contribution in [0.25, 0.3) is 0 Å². The van der Waals surface area contributed by atoms with Gasteiger partial charge in [-0.2, -0.15) is 4.31 Å². The van der Waals surface area contributed by atoms with Crippen LogP contribution < -0.4 is 5.32 Å². The van der Waals surface area contributed by atoms with Gasteiger partial charge < -0.3 is 5.32 Å². The van der Waals surface area contributed by atoms with Crippen molar-refractivity contribution >= 4 is 44.8 Å². The minimum atomic E-state index is -3.99. The van der Waals surface area contributed by atoms with E-state index in [2.05, 4.69) is 5.32 Å². The fourth-order valence-corrected chi connectivity index (χ4v) is 4.39. The standard InChI is InChI=1S/C21H17Cl2FN2O3S/c22-16-6-9-18(10-7-16)30(28,29)26(13-15-4-2-1-3-5-15)14-21(27)25-17-8-11-20(24)19(23)12-17/h1-12H,13-14H2,(H,25,27). The summed E-state index contributed by atoms with van der Waals surface area (Å²) in [5.74, 6) is -1.21. The van der Waals surface area contributed by atoms with Gasteiger partial charge in [-0.15, -0.1) is 0 Å². The van der Waals surface area contributed by atoms with Crippen molar-refractivity contribution in [2.75, 3.05) is 11.9 Å². The van der Waals surface area contributed by atoms with Crippen LogP contribution in [0.1, 0.15) is 5.56 Å².